The van der Waals surface area contributed by atoms with Gasteiger partial charge in [0.25, 0.3) is 0 Å². The van der Waals surface area contributed by atoms with Gasteiger partial charge in [-0.1, -0.05) is 30.3 Å². The van der Waals surface area contributed by atoms with Crippen LogP contribution in [0, 0.1) is 0 Å². The summed E-state index contributed by atoms with van der Waals surface area (Å²) in [5.74, 6) is 1.48. The van der Waals surface area contributed by atoms with Crippen molar-refractivity contribution in [3.63, 3.8) is 0 Å². The zero-order valence-electron chi connectivity index (χ0n) is 13.9. The number of fused-ring (bicyclic) bond motifs is 1. The Morgan fingerprint density at radius 3 is 2.72 bits per heavy atom. The summed E-state index contributed by atoms with van der Waals surface area (Å²) in [6.45, 7) is 0.775. The molecule has 0 spiro atoms. The molecule has 124 valence electrons. The predicted molar refractivity (Wildman–Crippen MR) is 99.2 cm³/mol. The van der Waals surface area contributed by atoms with Crippen LogP contribution in [0.1, 0.15) is 5.56 Å². The van der Waals surface area contributed by atoms with Gasteiger partial charge in [-0.2, -0.15) is 0 Å². The highest BCUT2D eigenvalue weighted by Crippen LogP contribution is 2.21. The minimum absolute atomic E-state index is 0.621. The van der Waals surface area contributed by atoms with Gasteiger partial charge in [0, 0.05) is 31.7 Å². The summed E-state index contributed by atoms with van der Waals surface area (Å²) in [4.78, 5) is 15.6. The van der Waals surface area contributed by atoms with Crippen LogP contribution in [0.5, 0.6) is 0 Å². The first-order chi connectivity index (χ1) is 12.2. The number of nitrogens with two attached hydrogens (primary N) is 1. The summed E-state index contributed by atoms with van der Waals surface area (Å²) in [5, 5.41) is 0. The summed E-state index contributed by atoms with van der Waals surface area (Å²) in [6.07, 6.45) is 5.37. The lowest BCUT2D eigenvalue weighted by molar-refractivity contribution is 0.891. The topological polar surface area (TPSA) is 72.3 Å². The molecule has 0 radical (unpaired) electrons. The quantitative estimate of drug-likeness (QED) is 0.623. The maximum absolute atomic E-state index is 5.90. The van der Waals surface area contributed by atoms with E-state index in [4.69, 9.17) is 10.7 Å². The number of benzene rings is 1. The smallest absolute Gasteiger partial charge is 0.180 e. The zero-order valence-corrected chi connectivity index (χ0v) is 13.9. The summed E-state index contributed by atoms with van der Waals surface area (Å²) in [6, 6.07) is 15.9. The number of anilines is 2. The van der Waals surface area contributed by atoms with Crippen LogP contribution in [0.4, 0.5) is 11.5 Å². The van der Waals surface area contributed by atoms with Crippen molar-refractivity contribution >= 4 is 17.2 Å². The van der Waals surface area contributed by atoms with E-state index in [-0.39, 0.29) is 0 Å². The molecular weight excluding hydrogens is 312 g/mol. The fourth-order valence-electron chi connectivity index (χ4n) is 2.79. The normalized spacial score (nSPS) is 10.9. The van der Waals surface area contributed by atoms with E-state index in [2.05, 4.69) is 27.0 Å². The first-order valence-corrected chi connectivity index (χ1v) is 8.02. The molecule has 6 heteroatoms. The van der Waals surface area contributed by atoms with Crippen molar-refractivity contribution < 1.29 is 0 Å². The fourth-order valence-corrected chi connectivity index (χ4v) is 2.79. The summed E-state index contributed by atoms with van der Waals surface area (Å²) >= 11 is 0. The molecule has 2 N–H and O–H groups in total. The largest absolute Gasteiger partial charge is 0.398 e. The molecular formula is C19H18N6. The molecule has 3 aromatic heterocycles. The molecule has 0 unspecified atom stereocenters. The Balaban J connectivity index is 1.68. The average molecular weight is 330 g/mol. The van der Waals surface area contributed by atoms with Gasteiger partial charge < -0.3 is 10.6 Å². The molecule has 0 bridgehead atoms. The van der Waals surface area contributed by atoms with Crippen molar-refractivity contribution in [3.8, 4) is 11.5 Å². The summed E-state index contributed by atoms with van der Waals surface area (Å²) in [5.41, 5.74) is 9.43. The van der Waals surface area contributed by atoms with E-state index in [9.17, 15) is 0 Å². The van der Waals surface area contributed by atoms with Crippen molar-refractivity contribution in [1.29, 1.82) is 0 Å². The van der Waals surface area contributed by atoms with Gasteiger partial charge in [-0.05, 0) is 23.8 Å². The zero-order chi connectivity index (χ0) is 17.2. The van der Waals surface area contributed by atoms with Crippen molar-refractivity contribution in [2.24, 2.45) is 0 Å². The van der Waals surface area contributed by atoms with Crippen molar-refractivity contribution in [2.75, 3.05) is 17.7 Å². The Hall–Kier alpha value is -3.41. The molecule has 0 fully saturated rings. The van der Waals surface area contributed by atoms with Crippen LogP contribution >= 0.6 is 0 Å². The lowest BCUT2D eigenvalue weighted by Gasteiger charge is -2.18. The van der Waals surface area contributed by atoms with Crippen molar-refractivity contribution in [2.45, 2.75) is 6.54 Å². The van der Waals surface area contributed by atoms with Crippen LogP contribution in [-0.2, 0) is 6.54 Å². The third-order valence-electron chi connectivity index (χ3n) is 4.05. The Morgan fingerprint density at radius 1 is 1.04 bits per heavy atom. The second-order valence-corrected chi connectivity index (χ2v) is 5.91. The molecule has 1 aromatic carbocycles. The second-order valence-electron chi connectivity index (χ2n) is 5.91. The highest BCUT2D eigenvalue weighted by atomic mass is 15.2. The van der Waals surface area contributed by atoms with E-state index in [0.29, 0.717) is 11.5 Å². The monoisotopic (exact) mass is 330 g/mol. The number of nitrogens with zero attached hydrogens (tertiary/aromatic N) is 5. The number of aromatic nitrogens is 4. The summed E-state index contributed by atoms with van der Waals surface area (Å²) in [7, 11) is 2.02. The maximum atomic E-state index is 5.90. The van der Waals surface area contributed by atoms with Gasteiger partial charge in [0.1, 0.15) is 17.2 Å². The third kappa shape index (κ3) is 3.01. The number of imidazole rings is 1. The van der Waals surface area contributed by atoms with Crippen LogP contribution in [0.25, 0.3) is 17.2 Å². The Kier molecular flexibility index (Phi) is 3.78. The lowest BCUT2D eigenvalue weighted by atomic mass is 10.2. The predicted octanol–water partition coefficient (Wildman–Crippen LogP) is 3.01. The van der Waals surface area contributed by atoms with Gasteiger partial charge in [-0.3, -0.25) is 4.40 Å². The van der Waals surface area contributed by atoms with E-state index in [0.717, 1.165) is 23.7 Å². The SMILES string of the molecule is CN(Cc1ccccc1)c1ccnc(-c2cnc3ccc(N)cn23)n1. The van der Waals surface area contributed by atoms with Gasteiger partial charge >= 0.3 is 0 Å². The number of pyridine rings is 1. The lowest BCUT2D eigenvalue weighted by Crippen LogP contribution is -2.18. The van der Waals surface area contributed by atoms with Crippen LogP contribution in [-0.4, -0.2) is 26.4 Å². The Bertz CT molecular complexity index is 1010. The maximum Gasteiger partial charge on any atom is 0.180 e. The third-order valence-corrected chi connectivity index (χ3v) is 4.05. The second kappa shape index (κ2) is 6.24. The molecule has 0 saturated heterocycles. The standard InChI is InChI=1S/C19H18N6/c1-24(12-14-5-3-2-4-6-14)18-9-10-21-19(23-18)16-11-22-17-8-7-15(20)13-25(16)17/h2-11,13H,12,20H2,1H3. The molecule has 0 aliphatic carbocycles. The molecule has 0 atom stereocenters. The fraction of sp³-hybridized carbons (Fsp3) is 0.105. The number of nitrogen functional groups attached to an aromatic ring is 1. The number of hydrogen-bond acceptors (Lipinski definition) is 5. The molecule has 3 heterocycles. The van der Waals surface area contributed by atoms with Gasteiger partial charge in [0.15, 0.2) is 5.82 Å². The van der Waals surface area contributed by atoms with Gasteiger partial charge in [0.05, 0.1) is 6.20 Å². The van der Waals surface area contributed by atoms with E-state index in [1.807, 2.05) is 54.0 Å². The first kappa shape index (κ1) is 15.1. The minimum atomic E-state index is 0.621. The van der Waals surface area contributed by atoms with Gasteiger partial charge in [-0.25, -0.2) is 15.0 Å². The molecule has 0 aliphatic heterocycles. The van der Waals surface area contributed by atoms with Gasteiger partial charge in [-0.15, -0.1) is 0 Å². The van der Waals surface area contributed by atoms with E-state index in [1.165, 1.54) is 5.56 Å². The van der Waals surface area contributed by atoms with Crippen molar-refractivity contribution in [1.82, 2.24) is 19.4 Å². The molecule has 25 heavy (non-hydrogen) atoms. The Labute approximate surface area is 145 Å². The van der Waals surface area contributed by atoms with E-state index in [1.54, 1.807) is 12.4 Å². The van der Waals surface area contributed by atoms with Gasteiger partial charge in [0.2, 0.25) is 0 Å². The van der Waals surface area contributed by atoms with E-state index < -0.39 is 0 Å². The van der Waals surface area contributed by atoms with E-state index >= 15 is 0 Å². The molecule has 0 aliphatic rings. The molecule has 6 nitrogen and oxygen atoms in total. The molecule has 0 amide bonds. The Morgan fingerprint density at radius 2 is 1.88 bits per heavy atom. The molecule has 4 aromatic rings. The number of hydrogen-bond donors (Lipinski definition) is 1. The molecule has 0 saturated carbocycles. The van der Waals surface area contributed by atoms with Crippen LogP contribution in [0.3, 0.4) is 0 Å². The number of rotatable bonds is 4. The van der Waals surface area contributed by atoms with Crippen LogP contribution in [0.2, 0.25) is 0 Å². The minimum Gasteiger partial charge on any atom is -0.398 e. The van der Waals surface area contributed by atoms with Crippen LogP contribution in [0.15, 0.2) is 67.1 Å². The van der Waals surface area contributed by atoms with Crippen molar-refractivity contribution in [3.05, 3.63) is 72.7 Å². The first-order valence-electron chi connectivity index (χ1n) is 8.02. The molecule has 4 rings (SSSR count). The highest BCUT2D eigenvalue weighted by molar-refractivity contribution is 5.60. The average Bonchev–Trinajstić information content (AvgIpc) is 3.05. The van der Waals surface area contributed by atoms with Crippen LogP contribution < -0.4 is 10.6 Å². The summed E-state index contributed by atoms with van der Waals surface area (Å²) < 4.78 is 1.91. The highest BCUT2D eigenvalue weighted by Gasteiger charge is 2.11.